The van der Waals surface area contributed by atoms with Crippen molar-refractivity contribution in [2.75, 3.05) is 0 Å². The summed E-state index contributed by atoms with van der Waals surface area (Å²) in [5, 5.41) is 8.85. The third kappa shape index (κ3) is 3.59. The van der Waals surface area contributed by atoms with Crippen LogP contribution in [-0.2, 0) is 10.0 Å². The molecule has 1 saturated carbocycles. The number of thiophene rings is 1. The van der Waals surface area contributed by atoms with Crippen molar-refractivity contribution >= 4 is 27.3 Å². The van der Waals surface area contributed by atoms with Crippen molar-refractivity contribution in [2.45, 2.75) is 49.8 Å². The Kier molecular flexibility index (Phi) is 4.22. The predicted molar refractivity (Wildman–Crippen MR) is 77.6 cm³/mol. The van der Waals surface area contributed by atoms with Gasteiger partial charge < -0.3 is 5.11 Å². The molecule has 0 bridgehead atoms. The lowest BCUT2D eigenvalue weighted by Crippen LogP contribution is -2.40. The highest BCUT2D eigenvalue weighted by Gasteiger charge is 2.31. The average Bonchev–Trinajstić information content (AvgIpc) is 2.76. The number of carboxylic acid groups (broad SMARTS) is 1. The Hall–Kier alpha value is -0.920. The lowest BCUT2D eigenvalue weighted by Gasteiger charge is -2.35. The smallest absolute Gasteiger partial charge is 0.345 e. The number of sulfonamides is 1. The van der Waals surface area contributed by atoms with Crippen LogP contribution in [0.5, 0.6) is 0 Å². The molecule has 1 aromatic rings. The first-order valence-corrected chi connectivity index (χ1v) is 8.85. The number of hydrogen-bond acceptors (Lipinski definition) is 4. The summed E-state index contributed by atoms with van der Waals surface area (Å²) in [6, 6.07) is 2.61. The van der Waals surface area contributed by atoms with Crippen molar-refractivity contribution in [1.29, 1.82) is 0 Å². The van der Waals surface area contributed by atoms with Crippen molar-refractivity contribution in [3.8, 4) is 0 Å². The van der Waals surface area contributed by atoms with E-state index in [-0.39, 0.29) is 20.5 Å². The van der Waals surface area contributed by atoms with E-state index in [0.717, 1.165) is 37.0 Å². The van der Waals surface area contributed by atoms with Gasteiger partial charge in [0.2, 0.25) is 10.0 Å². The zero-order valence-electron chi connectivity index (χ0n) is 11.5. The Labute approximate surface area is 123 Å². The molecule has 20 heavy (non-hydrogen) atoms. The standard InChI is InChI=1S/C13H19NO4S2/c1-13(2)7-3-4-9(8-13)14-20(17,18)11-6-5-10(19-11)12(15)16/h5-6,9,14H,3-4,7-8H2,1-2H3,(H,15,16). The maximum Gasteiger partial charge on any atom is 0.345 e. The summed E-state index contributed by atoms with van der Waals surface area (Å²) >= 11 is 0.786. The summed E-state index contributed by atoms with van der Waals surface area (Å²) in [7, 11) is -3.62. The summed E-state index contributed by atoms with van der Waals surface area (Å²) in [6.07, 6.45) is 3.75. The van der Waals surface area contributed by atoms with E-state index in [2.05, 4.69) is 18.6 Å². The first-order valence-electron chi connectivity index (χ1n) is 6.55. The van der Waals surface area contributed by atoms with Gasteiger partial charge in [0.25, 0.3) is 0 Å². The summed E-state index contributed by atoms with van der Waals surface area (Å²) in [5.41, 5.74) is 0.146. The Morgan fingerprint density at radius 3 is 2.70 bits per heavy atom. The van der Waals surface area contributed by atoms with Gasteiger partial charge in [-0.1, -0.05) is 20.3 Å². The van der Waals surface area contributed by atoms with E-state index in [0.29, 0.717) is 0 Å². The van der Waals surface area contributed by atoms with Gasteiger partial charge in [0.15, 0.2) is 0 Å². The SMILES string of the molecule is CC1(C)CCCC(NS(=O)(=O)c2ccc(C(=O)O)s2)C1. The molecule has 1 heterocycles. The highest BCUT2D eigenvalue weighted by molar-refractivity contribution is 7.91. The van der Waals surface area contributed by atoms with E-state index in [1.165, 1.54) is 12.1 Å². The maximum atomic E-state index is 12.3. The number of hydrogen-bond donors (Lipinski definition) is 2. The van der Waals surface area contributed by atoms with Gasteiger partial charge in [0, 0.05) is 6.04 Å². The predicted octanol–water partition coefficient (Wildman–Crippen LogP) is 2.69. The monoisotopic (exact) mass is 317 g/mol. The molecule has 2 N–H and O–H groups in total. The van der Waals surface area contributed by atoms with Crippen LogP contribution in [0.3, 0.4) is 0 Å². The Morgan fingerprint density at radius 1 is 1.45 bits per heavy atom. The van der Waals surface area contributed by atoms with Crippen molar-refractivity contribution in [2.24, 2.45) is 5.41 Å². The molecule has 2 rings (SSSR count). The molecule has 1 aromatic heterocycles. The number of rotatable bonds is 4. The fraction of sp³-hybridized carbons (Fsp3) is 0.615. The molecular weight excluding hydrogens is 298 g/mol. The molecule has 0 radical (unpaired) electrons. The third-order valence-corrected chi connectivity index (χ3v) is 6.67. The Balaban J connectivity index is 2.12. The van der Waals surface area contributed by atoms with Crippen LogP contribution in [0.2, 0.25) is 0 Å². The average molecular weight is 317 g/mol. The Bertz CT molecular complexity index is 604. The van der Waals surface area contributed by atoms with Crippen LogP contribution in [0.4, 0.5) is 0 Å². The van der Waals surface area contributed by atoms with Gasteiger partial charge in [-0.25, -0.2) is 17.9 Å². The van der Waals surface area contributed by atoms with Gasteiger partial charge in [-0.3, -0.25) is 0 Å². The molecule has 5 nitrogen and oxygen atoms in total. The third-order valence-electron chi connectivity index (χ3n) is 3.58. The van der Waals surface area contributed by atoms with Crippen molar-refractivity contribution in [3.05, 3.63) is 17.0 Å². The van der Waals surface area contributed by atoms with E-state index in [1.54, 1.807) is 0 Å². The highest BCUT2D eigenvalue weighted by atomic mass is 32.2. The number of carboxylic acids is 1. The van der Waals surface area contributed by atoms with Crippen LogP contribution in [0.15, 0.2) is 16.3 Å². The molecule has 7 heteroatoms. The quantitative estimate of drug-likeness (QED) is 0.894. The lowest BCUT2D eigenvalue weighted by molar-refractivity contribution is 0.0702. The van der Waals surface area contributed by atoms with Crippen LogP contribution in [0, 0.1) is 5.41 Å². The molecule has 112 valence electrons. The number of carbonyl (C=O) groups is 1. The van der Waals surface area contributed by atoms with E-state index in [1.807, 2.05) is 0 Å². The van der Waals surface area contributed by atoms with Gasteiger partial charge in [-0.15, -0.1) is 11.3 Å². The summed E-state index contributed by atoms with van der Waals surface area (Å²) in [6.45, 7) is 4.28. The zero-order valence-corrected chi connectivity index (χ0v) is 13.2. The topological polar surface area (TPSA) is 83.5 Å². The molecule has 0 aliphatic heterocycles. The molecule has 0 amide bonds. The molecular formula is C13H19NO4S2. The second-order valence-corrected chi connectivity index (χ2v) is 9.03. The minimum absolute atomic E-state index is 0.0364. The van der Waals surface area contributed by atoms with E-state index in [4.69, 9.17) is 5.11 Å². The van der Waals surface area contributed by atoms with Gasteiger partial charge in [-0.2, -0.15) is 0 Å². The molecule has 1 aliphatic rings. The lowest BCUT2D eigenvalue weighted by atomic mass is 9.75. The summed E-state index contributed by atoms with van der Waals surface area (Å²) in [5.74, 6) is -1.10. The first-order chi connectivity index (χ1) is 9.20. The molecule has 0 aromatic carbocycles. The van der Waals surface area contributed by atoms with Crippen LogP contribution < -0.4 is 4.72 Å². The van der Waals surface area contributed by atoms with Crippen molar-refractivity contribution in [3.63, 3.8) is 0 Å². The van der Waals surface area contributed by atoms with Gasteiger partial charge in [0.05, 0.1) is 0 Å². The molecule has 1 atom stereocenters. The Morgan fingerprint density at radius 2 is 2.15 bits per heavy atom. The maximum absolute atomic E-state index is 12.3. The zero-order chi connectivity index (χ0) is 15.0. The van der Waals surface area contributed by atoms with Crippen LogP contribution in [-0.4, -0.2) is 25.5 Å². The first kappa shape index (κ1) is 15.5. The molecule has 1 fully saturated rings. The fourth-order valence-corrected chi connectivity index (χ4v) is 5.09. The van der Waals surface area contributed by atoms with Gasteiger partial charge in [0.1, 0.15) is 9.09 Å². The fourth-order valence-electron chi connectivity index (χ4n) is 2.66. The van der Waals surface area contributed by atoms with E-state index in [9.17, 15) is 13.2 Å². The minimum Gasteiger partial charge on any atom is -0.477 e. The number of aromatic carboxylic acids is 1. The molecule has 0 saturated heterocycles. The number of nitrogens with one attached hydrogen (secondary N) is 1. The van der Waals surface area contributed by atoms with Crippen molar-refractivity contribution in [1.82, 2.24) is 4.72 Å². The largest absolute Gasteiger partial charge is 0.477 e. The molecule has 1 aliphatic carbocycles. The van der Waals surface area contributed by atoms with E-state index >= 15 is 0 Å². The second-order valence-electron chi connectivity index (χ2n) is 6.00. The van der Waals surface area contributed by atoms with Crippen LogP contribution >= 0.6 is 11.3 Å². The van der Waals surface area contributed by atoms with E-state index < -0.39 is 16.0 Å². The molecule has 1 unspecified atom stereocenters. The van der Waals surface area contributed by atoms with Crippen LogP contribution in [0.1, 0.15) is 49.2 Å². The normalized spacial score (nSPS) is 22.6. The second kappa shape index (κ2) is 5.46. The summed E-state index contributed by atoms with van der Waals surface area (Å²) in [4.78, 5) is 10.8. The van der Waals surface area contributed by atoms with Gasteiger partial charge >= 0.3 is 5.97 Å². The minimum atomic E-state index is -3.62. The van der Waals surface area contributed by atoms with Crippen LogP contribution in [0.25, 0.3) is 0 Å². The molecule has 0 spiro atoms. The van der Waals surface area contributed by atoms with Gasteiger partial charge in [-0.05, 0) is 36.8 Å². The highest BCUT2D eigenvalue weighted by Crippen LogP contribution is 2.35. The van der Waals surface area contributed by atoms with Crippen molar-refractivity contribution < 1.29 is 18.3 Å². The summed E-state index contributed by atoms with van der Waals surface area (Å²) < 4.78 is 27.3.